The summed E-state index contributed by atoms with van der Waals surface area (Å²) in [5.41, 5.74) is 1.32. The third kappa shape index (κ3) is 4.41. The minimum absolute atomic E-state index is 0.327. The van der Waals surface area contributed by atoms with Crippen LogP contribution in [-0.4, -0.2) is 17.5 Å². The Morgan fingerprint density at radius 1 is 0.900 bits per heavy atom. The van der Waals surface area contributed by atoms with Crippen molar-refractivity contribution in [2.45, 2.75) is 64.6 Å². The van der Waals surface area contributed by atoms with Crippen molar-refractivity contribution in [1.82, 2.24) is 0 Å². The molecule has 1 aliphatic rings. The average Bonchev–Trinajstić information content (AvgIpc) is 2.71. The quantitative estimate of drug-likeness (QED) is 0.728. The van der Waals surface area contributed by atoms with Gasteiger partial charge in [0.05, 0.1) is 0 Å². The van der Waals surface area contributed by atoms with Gasteiger partial charge in [-0.15, -0.1) is 0 Å². The second-order valence-electron chi connectivity index (χ2n) is 5.98. The number of hydrogen-bond acceptors (Lipinski definition) is 3. The molecule has 0 aliphatic carbocycles. The van der Waals surface area contributed by atoms with Crippen LogP contribution in [0.2, 0.25) is 0 Å². The van der Waals surface area contributed by atoms with Crippen molar-refractivity contribution in [3.05, 3.63) is 23.8 Å². The van der Waals surface area contributed by atoms with Crippen molar-refractivity contribution >= 4 is 0 Å². The SMILES string of the molecule is CC1(C)Oc2ccc(CCCCCCCCO)cc2O1. The molecular formula is C17H26O3. The minimum Gasteiger partial charge on any atom is -0.449 e. The number of aliphatic hydroxyl groups excluding tert-OH is 1. The molecular weight excluding hydrogens is 252 g/mol. The number of aryl methyl sites for hydroxylation is 1. The second kappa shape index (κ2) is 6.98. The van der Waals surface area contributed by atoms with Gasteiger partial charge in [0.15, 0.2) is 11.5 Å². The summed E-state index contributed by atoms with van der Waals surface area (Å²) in [6.07, 6.45) is 8.14. The van der Waals surface area contributed by atoms with E-state index < -0.39 is 5.79 Å². The summed E-state index contributed by atoms with van der Waals surface area (Å²) >= 11 is 0. The summed E-state index contributed by atoms with van der Waals surface area (Å²) in [5.74, 6) is 1.19. The fraction of sp³-hybridized carbons (Fsp3) is 0.647. The van der Waals surface area contributed by atoms with Gasteiger partial charge in [0.25, 0.3) is 0 Å². The maximum absolute atomic E-state index is 8.71. The van der Waals surface area contributed by atoms with Gasteiger partial charge in [-0.25, -0.2) is 0 Å². The van der Waals surface area contributed by atoms with E-state index >= 15 is 0 Å². The van der Waals surface area contributed by atoms with Crippen LogP contribution >= 0.6 is 0 Å². The lowest BCUT2D eigenvalue weighted by atomic mass is 10.0. The minimum atomic E-state index is -0.534. The number of unbranched alkanes of at least 4 members (excludes halogenated alkanes) is 5. The van der Waals surface area contributed by atoms with Crippen LogP contribution in [0.15, 0.2) is 18.2 Å². The Bertz CT molecular complexity index is 426. The third-order valence-corrected chi connectivity index (χ3v) is 3.59. The topological polar surface area (TPSA) is 38.7 Å². The van der Waals surface area contributed by atoms with Crippen molar-refractivity contribution in [2.75, 3.05) is 6.61 Å². The zero-order valence-corrected chi connectivity index (χ0v) is 12.7. The molecule has 2 rings (SSSR count). The molecule has 0 spiro atoms. The number of fused-ring (bicyclic) bond motifs is 1. The molecule has 0 unspecified atom stereocenters. The normalized spacial score (nSPS) is 15.6. The highest BCUT2D eigenvalue weighted by molar-refractivity contribution is 5.45. The lowest BCUT2D eigenvalue weighted by molar-refractivity contribution is -0.0431. The van der Waals surface area contributed by atoms with E-state index in [1.54, 1.807) is 0 Å². The largest absolute Gasteiger partial charge is 0.449 e. The smallest absolute Gasteiger partial charge is 0.246 e. The third-order valence-electron chi connectivity index (χ3n) is 3.59. The van der Waals surface area contributed by atoms with Crippen molar-refractivity contribution in [3.63, 3.8) is 0 Å². The molecule has 0 saturated carbocycles. The number of ether oxygens (including phenoxy) is 2. The van der Waals surface area contributed by atoms with Crippen LogP contribution in [0.1, 0.15) is 57.9 Å². The second-order valence-corrected chi connectivity index (χ2v) is 5.98. The molecule has 0 fully saturated rings. The molecule has 1 aromatic rings. The highest BCUT2D eigenvalue weighted by Gasteiger charge is 2.31. The van der Waals surface area contributed by atoms with Crippen LogP contribution in [0.5, 0.6) is 11.5 Å². The van der Waals surface area contributed by atoms with Crippen molar-refractivity contribution in [3.8, 4) is 11.5 Å². The van der Waals surface area contributed by atoms with E-state index in [0.717, 1.165) is 30.8 Å². The molecule has 3 heteroatoms. The predicted molar refractivity (Wildman–Crippen MR) is 80.3 cm³/mol. The maximum atomic E-state index is 8.71. The average molecular weight is 278 g/mol. The van der Waals surface area contributed by atoms with E-state index in [9.17, 15) is 0 Å². The van der Waals surface area contributed by atoms with Crippen LogP contribution in [-0.2, 0) is 6.42 Å². The Labute approximate surface area is 121 Å². The molecule has 0 amide bonds. The van der Waals surface area contributed by atoms with Gasteiger partial charge < -0.3 is 14.6 Å². The number of aliphatic hydroxyl groups is 1. The first-order valence-electron chi connectivity index (χ1n) is 7.72. The van der Waals surface area contributed by atoms with Gasteiger partial charge in [0.2, 0.25) is 5.79 Å². The molecule has 0 radical (unpaired) electrons. The van der Waals surface area contributed by atoms with Crippen LogP contribution in [0.4, 0.5) is 0 Å². The summed E-state index contributed by atoms with van der Waals surface area (Å²) in [4.78, 5) is 0. The Balaban J connectivity index is 1.70. The summed E-state index contributed by atoms with van der Waals surface area (Å²) in [6.45, 7) is 4.19. The molecule has 0 atom stereocenters. The van der Waals surface area contributed by atoms with Gasteiger partial charge in [-0.3, -0.25) is 0 Å². The molecule has 3 nitrogen and oxygen atoms in total. The Hall–Kier alpha value is -1.22. The molecule has 1 heterocycles. The van der Waals surface area contributed by atoms with Crippen molar-refractivity contribution < 1.29 is 14.6 Å². The molecule has 1 aliphatic heterocycles. The first-order valence-corrected chi connectivity index (χ1v) is 7.72. The molecule has 112 valence electrons. The van der Waals surface area contributed by atoms with E-state index in [4.69, 9.17) is 14.6 Å². The highest BCUT2D eigenvalue weighted by Crippen LogP contribution is 2.39. The summed E-state index contributed by atoms with van der Waals surface area (Å²) in [7, 11) is 0. The first kappa shape index (κ1) is 15.2. The monoisotopic (exact) mass is 278 g/mol. The van der Waals surface area contributed by atoms with Crippen molar-refractivity contribution in [2.24, 2.45) is 0 Å². The Morgan fingerprint density at radius 2 is 1.55 bits per heavy atom. The van der Waals surface area contributed by atoms with Gasteiger partial charge in [0, 0.05) is 20.5 Å². The molecule has 0 saturated heterocycles. The zero-order chi connectivity index (χ0) is 14.4. The van der Waals surface area contributed by atoms with Gasteiger partial charge in [-0.05, 0) is 37.0 Å². The summed E-state index contributed by atoms with van der Waals surface area (Å²) in [6, 6.07) is 6.26. The zero-order valence-electron chi connectivity index (χ0n) is 12.7. The molecule has 1 aromatic carbocycles. The number of hydrogen-bond donors (Lipinski definition) is 1. The maximum Gasteiger partial charge on any atom is 0.246 e. The fourth-order valence-electron chi connectivity index (χ4n) is 2.57. The lowest BCUT2D eigenvalue weighted by Gasteiger charge is -2.16. The van der Waals surface area contributed by atoms with Gasteiger partial charge in [-0.2, -0.15) is 0 Å². The molecule has 20 heavy (non-hydrogen) atoms. The van der Waals surface area contributed by atoms with Crippen LogP contribution < -0.4 is 9.47 Å². The Kier molecular flexibility index (Phi) is 5.30. The van der Waals surface area contributed by atoms with Gasteiger partial charge in [0.1, 0.15) is 0 Å². The highest BCUT2D eigenvalue weighted by atomic mass is 16.7. The number of benzene rings is 1. The number of rotatable bonds is 8. The lowest BCUT2D eigenvalue weighted by Crippen LogP contribution is -2.29. The van der Waals surface area contributed by atoms with E-state index in [-0.39, 0.29) is 0 Å². The predicted octanol–water partition coefficient (Wildman–Crippen LogP) is 4.07. The summed E-state index contributed by atoms with van der Waals surface area (Å²) in [5, 5.41) is 8.71. The van der Waals surface area contributed by atoms with Gasteiger partial charge >= 0.3 is 0 Å². The standard InChI is InChI=1S/C17H26O3/c1-17(2)19-15-11-10-14(13-16(15)20-17)9-7-5-3-4-6-8-12-18/h10-11,13,18H,3-9,12H2,1-2H3. The fourth-order valence-corrected chi connectivity index (χ4v) is 2.57. The molecule has 0 aromatic heterocycles. The van der Waals surface area contributed by atoms with E-state index in [0.29, 0.717) is 6.61 Å². The van der Waals surface area contributed by atoms with E-state index in [2.05, 4.69) is 12.1 Å². The van der Waals surface area contributed by atoms with Crippen molar-refractivity contribution in [1.29, 1.82) is 0 Å². The van der Waals surface area contributed by atoms with Crippen LogP contribution in [0, 0.1) is 0 Å². The Morgan fingerprint density at radius 3 is 2.30 bits per heavy atom. The molecule has 0 bridgehead atoms. The van der Waals surface area contributed by atoms with E-state index in [1.807, 2.05) is 19.9 Å². The first-order chi connectivity index (χ1) is 9.61. The van der Waals surface area contributed by atoms with Gasteiger partial charge in [-0.1, -0.05) is 31.7 Å². The van der Waals surface area contributed by atoms with Crippen LogP contribution in [0.25, 0.3) is 0 Å². The van der Waals surface area contributed by atoms with Crippen LogP contribution in [0.3, 0.4) is 0 Å². The molecule has 1 N–H and O–H groups in total. The van der Waals surface area contributed by atoms with E-state index in [1.165, 1.54) is 31.2 Å². The summed E-state index contributed by atoms with van der Waals surface area (Å²) < 4.78 is 11.4.